The van der Waals surface area contributed by atoms with E-state index < -0.39 is 0 Å². The second-order valence-electron chi connectivity index (χ2n) is 4.58. The highest BCUT2D eigenvalue weighted by molar-refractivity contribution is 9.10. The highest BCUT2D eigenvalue weighted by Crippen LogP contribution is 2.35. The molecular weight excluding hydrogens is 328 g/mol. The fraction of sp³-hybridized carbons (Fsp3) is 0.0625. The van der Waals surface area contributed by atoms with Gasteiger partial charge >= 0.3 is 0 Å². The van der Waals surface area contributed by atoms with Gasteiger partial charge in [-0.25, -0.2) is 0 Å². The van der Waals surface area contributed by atoms with Crippen LogP contribution in [0.1, 0.15) is 11.1 Å². The minimum atomic E-state index is 0.549. The number of nitrogens with zero attached hydrogens (tertiary/aromatic N) is 4. The number of benzene rings is 2. The van der Waals surface area contributed by atoms with Crippen LogP contribution in [0.25, 0.3) is 22.0 Å². The van der Waals surface area contributed by atoms with Gasteiger partial charge in [0.25, 0.3) is 0 Å². The molecule has 3 aromatic rings. The summed E-state index contributed by atoms with van der Waals surface area (Å²) in [5.41, 5.74) is 2.59. The van der Waals surface area contributed by atoms with Crippen LogP contribution in [-0.2, 0) is 7.05 Å². The molecule has 0 amide bonds. The summed E-state index contributed by atoms with van der Waals surface area (Å²) < 4.78 is 2.48. The van der Waals surface area contributed by atoms with E-state index in [-0.39, 0.29) is 0 Å². The van der Waals surface area contributed by atoms with Gasteiger partial charge in [0, 0.05) is 23.4 Å². The Bertz CT molecular complexity index is 922. The number of aromatic nitrogens is 2. The first-order valence-corrected chi connectivity index (χ1v) is 7.00. The van der Waals surface area contributed by atoms with Gasteiger partial charge in [-0.15, -0.1) is 0 Å². The lowest BCUT2D eigenvalue weighted by Gasteiger charge is -2.10. The van der Waals surface area contributed by atoms with E-state index in [1.807, 2.05) is 31.3 Å². The summed E-state index contributed by atoms with van der Waals surface area (Å²) >= 11 is 3.45. The lowest BCUT2D eigenvalue weighted by Crippen LogP contribution is -1.98. The Morgan fingerprint density at radius 3 is 2.43 bits per heavy atom. The smallest absolute Gasteiger partial charge is 0.100 e. The lowest BCUT2D eigenvalue weighted by atomic mass is 9.94. The van der Waals surface area contributed by atoms with Crippen LogP contribution in [0.5, 0.6) is 0 Å². The third-order valence-electron chi connectivity index (χ3n) is 3.43. The summed E-state index contributed by atoms with van der Waals surface area (Å²) in [6.45, 7) is 0. The molecule has 100 valence electrons. The summed E-state index contributed by atoms with van der Waals surface area (Å²) in [5.74, 6) is 0. The van der Waals surface area contributed by atoms with E-state index in [0.29, 0.717) is 16.7 Å². The van der Waals surface area contributed by atoms with Gasteiger partial charge in [-0.2, -0.15) is 15.6 Å². The molecule has 1 heterocycles. The van der Waals surface area contributed by atoms with Crippen LogP contribution in [0, 0.1) is 22.7 Å². The van der Waals surface area contributed by atoms with Crippen molar-refractivity contribution >= 4 is 26.7 Å². The maximum atomic E-state index is 9.58. The Morgan fingerprint density at radius 1 is 1.14 bits per heavy atom. The average molecular weight is 337 g/mol. The Kier molecular flexibility index (Phi) is 3.21. The highest BCUT2D eigenvalue weighted by atomic mass is 79.9. The first-order valence-electron chi connectivity index (χ1n) is 6.21. The van der Waals surface area contributed by atoms with Gasteiger partial charge in [-0.3, -0.25) is 4.68 Å². The molecule has 0 bridgehead atoms. The van der Waals surface area contributed by atoms with Crippen molar-refractivity contribution in [3.05, 3.63) is 52.1 Å². The molecule has 2 aromatic carbocycles. The van der Waals surface area contributed by atoms with Crippen molar-refractivity contribution in [2.75, 3.05) is 0 Å². The molecule has 0 atom stereocenters. The zero-order valence-electron chi connectivity index (χ0n) is 11.1. The van der Waals surface area contributed by atoms with Crippen LogP contribution in [0.15, 0.2) is 41.0 Å². The summed E-state index contributed by atoms with van der Waals surface area (Å²) in [7, 11) is 1.81. The molecule has 0 unspecified atom stereocenters. The SMILES string of the molecule is Cn1ncc(Br)c1-c1cc(C#N)c2ccccc2c1C#N. The van der Waals surface area contributed by atoms with Crippen molar-refractivity contribution in [3.8, 4) is 23.4 Å². The molecule has 3 rings (SSSR count). The molecular formula is C16H9BrN4. The van der Waals surface area contributed by atoms with Crippen molar-refractivity contribution in [1.82, 2.24) is 9.78 Å². The number of hydrogen-bond acceptors (Lipinski definition) is 3. The molecule has 0 aliphatic heterocycles. The van der Waals surface area contributed by atoms with Gasteiger partial charge < -0.3 is 0 Å². The van der Waals surface area contributed by atoms with Gasteiger partial charge in [0.2, 0.25) is 0 Å². The van der Waals surface area contributed by atoms with Crippen LogP contribution in [0.3, 0.4) is 0 Å². The fourth-order valence-corrected chi connectivity index (χ4v) is 3.05. The Morgan fingerprint density at radius 2 is 1.86 bits per heavy atom. The molecule has 1 aromatic heterocycles. The van der Waals surface area contributed by atoms with E-state index >= 15 is 0 Å². The quantitative estimate of drug-likeness (QED) is 0.679. The summed E-state index contributed by atoms with van der Waals surface area (Å²) in [4.78, 5) is 0. The lowest BCUT2D eigenvalue weighted by molar-refractivity contribution is 0.775. The van der Waals surface area contributed by atoms with E-state index in [2.05, 4.69) is 33.2 Å². The normalized spacial score (nSPS) is 10.3. The maximum absolute atomic E-state index is 9.58. The average Bonchev–Trinajstić information content (AvgIpc) is 2.84. The summed E-state index contributed by atoms with van der Waals surface area (Å²) in [5, 5.41) is 24.7. The standard InChI is InChI=1S/C16H9BrN4/c1-21-16(15(17)9-20-21)13-6-10(7-18)11-4-2-3-5-12(11)14(13)8-19/h2-6,9H,1H3. The molecule has 4 nitrogen and oxygen atoms in total. The molecule has 0 N–H and O–H groups in total. The summed E-state index contributed by atoms with van der Waals surface area (Å²) in [6.07, 6.45) is 1.68. The number of rotatable bonds is 1. The van der Waals surface area contributed by atoms with E-state index in [0.717, 1.165) is 20.9 Å². The van der Waals surface area contributed by atoms with E-state index in [9.17, 15) is 10.5 Å². The zero-order chi connectivity index (χ0) is 15.0. The van der Waals surface area contributed by atoms with Crippen LogP contribution in [-0.4, -0.2) is 9.78 Å². The van der Waals surface area contributed by atoms with Gasteiger partial charge in [0.05, 0.1) is 33.6 Å². The number of aryl methyl sites for hydroxylation is 1. The maximum Gasteiger partial charge on any atom is 0.100 e. The van der Waals surface area contributed by atoms with Crippen molar-refractivity contribution in [2.24, 2.45) is 7.05 Å². The molecule has 0 aliphatic carbocycles. The minimum Gasteiger partial charge on any atom is -0.267 e. The highest BCUT2D eigenvalue weighted by Gasteiger charge is 2.17. The second kappa shape index (κ2) is 5.05. The number of hydrogen-bond donors (Lipinski definition) is 0. The molecule has 0 fully saturated rings. The molecule has 0 aliphatic rings. The van der Waals surface area contributed by atoms with Crippen molar-refractivity contribution < 1.29 is 0 Å². The Balaban J connectivity index is 2.51. The topological polar surface area (TPSA) is 65.4 Å². The van der Waals surface area contributed by atoms with Crippen LogP contribution in [0.2, 0.25) is 0 Å². The predicted molar refractivity (Wildman–Crippen MR) is 83.3 cm³/mol. The van der Waals surface area contributed by atoms with E-state index in [1.165, 1.54) is 0 Å². The van der Waals surface area contributed by atoms with E-state index in [1.54, 1.807) is 16.9 Å². The molecule has 0 radical (unpaired) electrons. The Labute approximate surface area is 130 Å². The van der Waals surface area contributed by atoms with Crippen LogP contribution >= 0.6 is 15.9 Å². The minimum absolute atomic E-state index is 0.549. The monoisotopic (exact) mass is 336 g/mol. The van der Waals surface area contributed by atoms with Gasteiger partial charge in [-0.05, 0) is 22.0 Å². The molecule has 0 saturated carbocycles. The summed E-state index contributed by atoms with van der Waals surface area (Å²) in [6, 6.07) is 13.7. The van der Waals surface area contributed by atoms with Crippen LogP contribution < -0.4 is 0 Å². The molecule has 21 heavy (non-hydrogen) atoms. The molecule has 0 saturated heterocycles. The predicted octanol–water partition coefficient (Wildman–Crippen LogP) is 3.75. The van der Waals surface area contributed by atoms with Crippen molar-refractivity contribution in [3.63, 3.8) is 0 Å². The van der Waals surface area contributed by atoms with Gasteiger partial charge in [0.15, 0.2) is 0 Å². The van der Waals surface area contributed by atoms with Crippen molar-refractivity contribution in [2.45, 2.75) is 0 Å². The van der Waals surface area contributed by atoms with Crippen molar-refractivity contribution in [1.29, 1.82) is 10.5 Å². The number of halogens is 1. The number of nitriles is 2. The zero-order valence-corrected chi connectivity index (χ0v) is 12.7. The second-order valence-corrected chi connectivity index (χ2v) is 5.43. The first kappa shape index (κ1) is 13.4. The first-order chi connectivity index (χ1) is 10.2. The van der Waals surface area contributed by atoms with Gasteiger partial charge in [0.1, 0.15) is 6.07 Å². The van der Waals surface area contributed by atoms with Gasteiger partial charge in [-0.1, -0.05) is 24.3 Å². The third-order valence-corrected chi connectivity index (χ3v) is 4.01. The fourth-order valence-electron chi connectivity index (χ4n) is 2.49. The van der Waals surface area contributed by atoms with Crippen LogP contribution in [0.4, 0.5) is 0 Å². The molecule has 0 spiro atoms. The number of fused-ring (bicyclic) bond motifs is 1. The third kappa shape index (κ3) is 1.99. The largest absolute Gasteiger partial charge is 0.267 e. The molecule has 5 heteroatoms. The van der Waals surface area contributed by atoms with E-state index in [4.69, 9.17) is 0 Å². The Hall–Kier alpha value is -2.63.